The zero-order chi connectivity index (χ0) is 11.8. The summed E-state index contributed by atoms with van der Waals surface area (Å²) in [6.07, 6.45) is 0. The molecule has 86 valence electrons. The maximum absolute atomic E-state index is 5.67. The molecule has 3 nitrogen and oxygen atoms in total. The van der Waals surface area contributed by atoms with Gasteiger partial charge >= 0.3 is 0 Å². The Balaban J connectivity index is 2.20. The molecule has 0 aliphatic heterocycles. The number of thiophene rings is 1. The number of benzene rings is 1. The van der Waals surface area contributed by atoms with Crippen LogP contribution in [-0.4, -0.2) is 9.78 Å². The van der Waals surface area contributed by atoms with Crippen LogP contribution in [0.2, 0.25) is 0 Å². The fourth-order valence-corrected chi connectivity index (χ4v) is 2.96. The van der Waals surface area contributed by atoms with Gasteiger partial charge in [-0.25, -0.2) is 0 Å². The summed E-state index contributed by atoms with van der Waals surface area (Å²) in [6, 6.07) is 10.5. The van der Waals surface area contributed by atoms with Gasteiger partial charge in [0.2, 0.25) is 0 Å². The van der Waals surface area contributed by atoms with Crippen LogP contribution in [0.4, 0.5) is 0 Å². The molecule has 2 heterocycles. The average Bonchev–Trinajstić information content (AvgIpc) is 2.92. The molecule has 0 radical (unpaired) electrons. The Labute approximate surface area is 103 Å². The van der Waals surface area contributed by atoms with Crippen molar-refractivity contribution in [1.29, 1.82) is 0 Å². The van der Waals surface area contributed by atoms with E-state index in [4.69, 9.17) is 5.73 Å². The van der Waals surface area contributed by atoms with Crippen molar-refractivity contribution >= 4 is 21.4 Å². The minimum absolute atomic E-state index is 0.519. The van der Waals surface area contributed by atoms with Gasteiger partial charge in [-0.05, 0) is 12.1 Å². The first kappa shape index (κ1) is 10.5. The predicted octanol–water partition coefficient (Wildman–Crippen LogP) is 2.76. The van der Waals surface area contributed by atoms with Crippen molar-refractivity contribution in [1.82, 2.24) is 9.78 Å². The summed E-state index contributed by atoms with van der Waals surface area (Å²) in [4.78, 5) is 0. The Kier molecular flexibility index (Phi) is 2.46. The Hall–Kier alpha value is -1.65. The molecule has 3 rings (SSSR count). The summed E-state index contributed by atoms with van der Waals surface area (Å²) in [7, 11) is 1.93. The lowest BCUT2D eigenvalue weighted by molar-refractivity contribution is 0.714. The zero-order valence-corrected chi connectivity index (χ0v) is 10.4. The molecule has 0 atom stereocenters. The molecule has 0 aliphatic carbocycles. The molecule has 0 spiro atoms. The molecule has 0 saturated heterocycles. The number of hydrogen-bond acceptors (Lipinski definition) is 3. The highest BCUT2D eigenvalue weighted by Crippen LogP contribution is 2.33. The number of aromatic nitrogens is 2. The second-order valence-corrected chi connectivity index (χ2v) is 4.91. The van der Waals surface area contributed by atoms with Gasteiger partial charge < -0.3 is 5.73 Å². The van der Waals surface area contributed by atoms with Crippen LogP contribution in [0.5, 0.6) is 0 Å². The normalized spacial score (nSPS) is 11.2. The SMILES string of the molecule is Cn1nc(-c2csc3ccccc23)cc1CN. The highest BCUT2D eigenvalue weighted by Gasteiger charge is 2.10. The topological polar surface area (TPSA) is 43.8 Å². The van der Waals surface area contributed by atoms with Crippen LogP contribution in [0.25, 0.3) is 21.3 Å². The number of nitrogens with zero attached hydrogens (tertiary/aromatic N) is 2. The molecule has 17 heavy (non-hydrogen) atoms. The summed E-state index contributed by atoms with van der Waals surface area (Å²) in [5, 5.41) is 7.94. The Morgan fingerprint density at radius 2 is 2.18 bits per heavy atom. The maximum atomic E-state index is 5.67. The van der Waals surface area contributed by atoms with E-state index in [1.165, 1.54) is 15.6 Å². The van der Waals surface area contributed by atoms with Gasteiger partial charge in [0.15, 0.2) is 0 Å². The molecule has 0 amide bonds. The molecule has 0 bridgehead atoms. The second-order valence-electron chi connectivity index (χ2n) is 3.99. The molecular formula is C13H13N3S. The number of nitrogens with two attached hydrogens (primary N) is 1. The molecule has 4 heteroatoms. The molecule has 3 aromatic rings. The van der Waals surface area contributed by atoms with E-state index in [2.05, 4.69) is 40.8 Å². The van der Waals surface area contributed by atoms with Gasteiger partial charge in [0.05, 0.1) is 11.4 Å². The third kappa shape index (κ3) is 1.66. The highest BCUT2D eigenvalue weighted by molar-refractivity contribution is 7.17. The quantitative estimate of drug-likeness (QED) is 0.752. The van der Waals surface area contributed by atoms with E-state index in [1.54, 1.807) is 11.3 Å². The number of fused-ring (bicyclic) bond motifs is 1. The second kappa shape index (κ2) is 3.98. The fraction of sp³-hybridized carbons (Fsp3) is 0.154. The third-order valence-electron chi connectivity index (χ3n) is 2.94. The van der Waals surface area contributed by atoms with Gasteiger partial charge in [0.1, 0.15) is 0 Å². The van der Waals surface area contributed by atoms with E-state index in [0.29, 0.717) is 6.54 Å². The molecule has 0 unspecified atom stereocenters. The standard InChI is InChI=1S/C13H13N3S/c1-16-9(7-14)6-12(15-16)11-8-17-13-5-3-2-4-10(11)13/h2-6,8H,7,14H2,1H3. The van der Waals surface area contributed by atoms with Crippen molar-refractivity contribution < 1.29 is 0 Å². The molecule has 2 aromatic heterocycles. The molecular weight excluding hydrogens is 230 g/mol. The molecule has 0 fully saturated rings. The third-order valence-corrected chi connectivity index (χ3v) is 3.91. The van der Waals surface area contributed by atoms with Gasteiger partial charge in [-0.2, -0.15) is 5.10 Å². The van der Waals surface area contributed by atoms with Crippen LogP contribution in [0.1, 0.15) is 5.69 Å². The van der Waals surface area contributed by atoms with Crippen molar-refractivity contribution in [3.05, 3.63) is 41.4 Å². The van der Waals surface area contributed by atoms with Gasteiger partial charge in [0.25, 0.3) is 0 Å². The van der Waals surface area contributed by atoms with Crippen molar-refractivity contribution in [2.75, 3.05) is 0 Å². The number of rotatable bonds is 2. The minimum Gasteiger partial charge on any atom is -0.325 e. The van der Waals surface area contributed by atoms with Gasteiger partial charge in [0, 0.05) is 34.6 Å². The zero-order valence-electron chi connectivity index (χ0n) is 9.55. The van der Waals surface area contributed by atoms with Gasteiger partial charge in [-0.1, -0.05) is 18.2 Å². The maximum Gasteiger partial charge on any atom is 0.0941 e. The van der Waals surface area contributed by atoms with Crippen LogP contribution in [0.15, 0.2) is 35.7 Å². The summed E-state index contributed by atoms with van der Waals surface area (Å²) >= 11 is 1.75. The van der Waals surface area contributed by atoms with E-state index < -0.39 is 0 Å². The first-order valence-electron chi connectivity index (χ1n) is 5.49. The van der Waals surface area contributed by atoms with E-state index in [-0.39, 0.29) is 0 Å². The van der Waals surface area contributed by atoms with Crippen LogP contribution in [0.3, 0.4) is 0 Å². The van der Waals surface area contributed by atoms with E-state index >= 15 is 0 Å². The average molecular weight is 243 g/mol. The van der Waals surface area contributed by atoms with Crippen molar-refractivity contribution in [3.63, 3.8) is 0 Å². The first-order chi connectivity index (χ1) is 8.29. The largest absolute Gasteiger partial charge is 0.325 e. The van der Waals surface area contributed by atoms with Crippen LogP contribution >= 0.6 is 11.3 Å². The lowest BCUT2D eigenvalue weighted by Gasteiger charge is -1.94. The lowest BCUT2D eigenvalue weighted by Crippen LogP contribution is -2.03. The minimum atomic E-state index is 0.519. The van der Waals surface area contributed by atoms with Crippen molar-refractivity contribution in [2.24, 2.45) is 12.8 Å². The predicted molar refractivity (Wildman–Crippen MR) is 71.9 cm³/mol. The highest BCUT2D eigenvalue weighted by atomic mass is 32.1. The Morgan fingerprint density at radius 3 is 2.94 bits per heavy atom. The van der Waals surface area contributed by atoms with Crippen LogP contribution < -0.4 is 5.73 Å². The molecule has 2 N–H and O–H groups in total. The Bertz CT molecular complexity index is 666. The van der Waals surface area contributed by atoms with Gasteiger partial charge in [-0.15, -0.1) is 11.3 Å². The lowest BCUT2D eigenvalue weighted by atomic mass is 10.1. The first-order valence-corrected chi connectivity index (χ1v) is 6.37. The fourth-order valence-electron chi connectivity index (χ4n) is 2.00. The Morgan fingerprint density at radius 1 is 1.35 bits per heavy atom. The van der Waals surface area contributed by atoms with Crippen molar-refractivity contribution in [3.8, 4) is 11.3 Å². The summed E-state index contributed by atoms with van der Waals surface area (Å²) in [6.45, 7) is 0.519. The number of aryl methyl sites for hydroxylation is 1. The molecule has 1 aromatic carbocycles. The van der Waals surface area contributed by atoms with E-state index in [1.807, 2.05) is 11.7 Å². The molecule has 0 saturated carbocycles. The molecule has 0 aliphatic rings. The summed E-state index contributed by atoms with van der Waals surface area (Å²) in [5.74, 6) is 0. The van der Waals surface area contributed by atoms with Crippen LogP contribution in [-0.2, 0) is 13.6 Å². The van der Waals surface area contributed by atoms with E-state index in [9.17, 15) is 0 Å². The van der Waals surface area contributed by atoms with Gasteiger partial charge in [-0.3, -0.25) is 4.68 Å². The van der Waals surface area contributed by atoms with Crippen molar-refractivity contribution in [2.45, 2.75) is 6.54 Å². The van der Waals surface area contributed by atoms with E-state index in [0.717, 1.165) is 11.4 Å². The summed E-state index contributed by atoms with van der Waals surface area (Å²) < 4.78 is 3.14. The smallest absolute Gasteiger partial charge is 0.0941 e. The van der Waals surface area contributed by atoms with Crippen LogP contribution in [0, 0.1) is 0 Å². The summed E-state index contributed by atoms with van der Waals surface area (Å²) in [5.41, 5.74) is 8.92. The monoisotopic (exact) mass is 243 g/mol. The number of hydrogen-bond donors (Lipinski definition) is 1.